The average molecular weight is 1260 g/mol. The summed E-state index contributed by atoms with van der Waals surface area (Å²) in [6.45, 7) is 11.4. The minimum atomic E-state index is -0.929. The van der Waals surface area contributed by atoms with Gasteiger partial charge in [-0.25, -0.2) is 14.8 Å². The average Bonchev–Trinajstić information content (AvgIpc) is 2.13. The number of nitrogens with zero attached hydrogens (tertiary/aromatic N) is 6. The van der Waals surface area contributed by atoms with Crippen molar-refractivity contribution < 1.29 is 43.2 Å². The monoisotopic (exact) mass is 1260 g/mol. The van der Waals surface area contributed by atoms with Gasteiger partial charge in [-0.15, -0.1) is 0 Å². The standard InChI is InChI=1S/C63H89N15O9S2/c1-7-19-47(79)67-61-71-49(41-21-11-9-12-22-41)57(88-61)73-55(83)45-25-17-33-77(45)59(85)51(69-53(81)39(3)64-5)43-27-35-75(36-28-43)32-16-15-31-66-63(87)76-37-29-44(30-38-76)52(70-54(82)40(4)65-6)60(86)78-34-18-26-46(78)56(84)74-58-50(42-23-13-10-14-24-42)72-62(89-58)68-48(80)20-8-2/h9-14,21-24,39-40,43-46,51-52,64-65H,7-8,15-20,25-38H2,1-6H3,(H,66,87)(H,69,81)(H,70,82)(H,73,83)(H,74,84)(H,67,71,79)(H,68,72,80)/t39-,40-,45?,46-,51-,52?/m0/s1. The maximum Gasteiger partial charge on any atom is 0.317 e. The van der Waals surface area contributed by atoms with Crippen molar-refractivity contribution in [3.8, 4) is 22.5 Å². The molecule has 6 atom stereocenters. The van der Waals surface area contributed by atoms with Crippen molar-refractivity contribution in [3.05, 3.63) is 60.7 Å². The molecule has 10 amide bonds. The molecule has 4 fully saturated rings. The Balaban J connectivity index is 0.812. The van der Waals surface area contributed by atoms with E-state index in [1.807, 2.05) is 74.5 Å². The predicted octanol–water partition coefficient (Wildman–Crippen LogP) is 6.07. The van der Waals surface area contributed by atoms with Crippen molar-refractivity contribution in [2.75, 3.05) is 87.7 Å². The van der Waals surface area contributed by atoms with Crippen LogP contribution in [0.3, 0.4) is 0 Å². The molecule has 6 heterocycles. The van der Waals surface area contributed by atoms with E-state index in [2.05, 4.69) is 62.7 Å². The summed E-state index contributed by atoms with van der Waals surface area (Å²) in [6, 6.07) is 14.0. The SMILES string of the molecule is CCCC(=O)Nc1nc(-c2ccccc2)c(NC(=O)C2CCCN2C(=O)[C@@H](NC(=O)[C@H](C)NC)C2CCN(CCCCNC(=O)N3CCC(C(NC(=O)[C@H](C)NC)C(=O)N4CCC[C@H]4C(=O)Nc4sc(NC(=O)CCC)nc4-c4ccccc4)CC3)CC2)s1. The second kappa shape index (κ2) is 32.9. The highest BCUT2D eigenvalue weighted by Crippen LogP contribution is 2.39. The number of thiazole rings is 2. The number of aromatic nitrogens is 2. The summed E-state index contributed by atoms with van der Waals surface area (Å²) >= 11 is 2.32. The Morgan fingerprint density at radius 3 is 1.39 bits per heavy atom. The molecule has 4 aliphatic heterocycles. The van der Waals surface area contributed by atoms with Crippen LogP contribution in [0.25, 0.3) is 22.5 Å². The zero-order valence-corrected chi connectivity index (χ0v) is 53.8. The second-order valence-corrected chi connectivity index (χ2v) is 25.5. The molecule has 8 rings (SSSR count). The third kappa shape index (κ3) is 17.9. The summed E-state index contributed by atoms with van der Waals surface area (Å²) in [7, 11) is 3.36. The zero-order valence-electron chi connectivity index (χ0n) is 52.1. The number of urea groups is 1. The quantitative estimate of drug-likeness (QED) is 0.0307. The van der Waals surface area contributed by atoms with Crippen LogP contribution in [0.5, 0.6) is 0 Å². The first-order chi connectivity index (χ1) is 43.0. The van der Waals surface area contributed by atoms with E-state index in [-0.39, 0.29) is 65.1 Å². The van der Waals surface area contributed by atoms with Crippen molar-refractivity contribution >= 4 is 96.2 Å². The molecule has 2 aromatic carbocycles. The lowest BCUT2D eigenvalue weighted by Gasteiger charge is -2.38. The van der Waals surface area contributed by atoms with Gasteiger partial charge in [0.2, 0.25) is 47.3 Å². The Morgan fingerprint density at radius 1 is 0.551 bits per heavy atom. The Hall–Kier alpha value is -7.39. The van der Waals surface area contributed by atoms with Gasteiger partial charge in [0.05, 0.1) is 12.1 Å². The van der Waals surface area contributed by atoms with Crippen LogP contribution in [0.1, 0.15) is 118 Å². The van der Waals surface area contributed by atoms with Crippen LogP contribution in [-0.4, -0.2) is 186 Å². The van der Waals surface area contributed by atoms with Crippen molar-refractivity contribution in [1.29, 1.82) is 0 Å². The lowest BCUT2D eigenvalue weighted by Crippen LogP contribution is -2.59. The molecular formula is C63H89N15O9S2. The van der Waals surface area contributed by atoms with Gasteiger partial charge in [-0.1, -0.05) is 97.2 Å². The van der Waals surface area contributed by atoms with Crippen LogP contribution in [0.15, 0.2) is 60.7 Å². The fourth-order valence-corrected chi connectivity index (χ4v) is 13.8. The summed E-state index contributed by atoms with van der Waals surface area (Å²) in [5, 5.41) is 28.5. The van der Waals surface area contributed by atoms with Crippen LogP contribution in [-0.2, 0) is 38.4 Å². The van der Waals surface area contributed by atoms with Gasteiger partial charge in [-0.2, -0.15) is 0 Å². The predicted molar refractivity (Wildman–Crippen MR) is 346 cm³/mol. The summed E-state index contributed by atoms with van der Waals surface area (Å²) in [6.07, 6.45) is 7.84. The van der Waals surface area contributed by atoms with E-state index in [1.54, 1.807) is 42.6 Å². The van der Waals surface area contributed by atoms with Gasteiger partial charge in [-0.3, -0.25) is 38.4 Å². The van der Waals surface area contributed by atoms with Crippen molar-refractivity contribution in [2.45, 2.75) is 154 Å². The molecule has 4 saturated heterocycles. The maximum atomic E-state index is 14.7. The molecule has 0 radical (unpaired) electrons. The van der Waals surface area contributed by atoms with Crippen LogP contribution in [0.2, 0.25) is 0 Å². The number of carbonyl (C=O) groups is 9. The Bertz CT molecular complexity index is 3080. The summed E-state index contributed by atoms with van der Waals surface area (Å²) < 4.78 is 0. The topological polar surface area (TPSA) is 301 Å². The van der Waals surface area contributed by atoms with Gasteiger partial charge in [0.1, 0.15) is 45.6 Å². The molecule has 2 aromatic heterocycles. The number of hydrogen-bond acceptors (Lipinski definition) is 16. The van der Waals surface area contributed by atoms with Crippen LogP contribution < -0.4 is 47.9 Å². The number of likely N-dealkylation sites (N-methyl/N-ethyl adjacent to an activating group) is 2. The van der Waals surface area contributed by atoms with Crippen LogP contribution in [0, 0.1) is 11.8 Å². The number of likely N-dealkylation sites (tertiary alicyclic amines) is 4. The largest absolute Gasteiger partial charge is 0.343 e. The lowest BCUT2D eigenvalue weighted by molar-refractivity contribution is -0.142. The van der Waals surface area contributed by atoms with Gasteiger partial charge in [-0.05, 0) is 136 Å². The third-order valence-corrected chi connectivity index (χ3v) is 19.1. The van der Waals surface area contributed by atoms with Crippen molar-refractivity contribution in [2.24, 2.45) is 11.8 Å². The van der Waals surface area contributed by atoms with E-state index in [4.69, 9.17) is 0 Å². The number of nitrogens with one attached hydrogen (secondary N) is 9. The van der Waals surface area contributed by atoms with Crippen molar-refractivity contribution in [3.63, 3.8) is 0 Å². The van der Waals surface area contributed by atoms with E-state index in [1.165, 1.54) is 11.3 Å². The molecular weight excluding hydrogens is 1170 g/mol. The van der Waals surface area contributed by atoms with E-state index in [0.717, 1.165) is 41.9 Å². The fraction of sp³-hybridized carbons (Fsp3) is 0.571. The number of amides is 10. The molecule has 26 heteroatoms. The first-order valence-electron chi connectivity index (χ1n) is 31.7. The lowest BCUT2D eigenvalue weighted by atomic mass is 9.88. The van der Waals surface area contributed by atoms with Gasteiger partial charge >= 0.3 is 6.03 Å². The van der Waals surface area contributed by atoms with E-state index in [0.29, 0.717) is 155 Å². The van der Waals surface area contributed by atoms with E-state index < -0.39 is 36.3 Å². The number of rotatable bonds is 27. The molecule has 4 aliphatic rings. The summed E-state index contributed by atoms with van der Waals surface area (Å²) in [4.78, 5) is 140. The zero-order chi connectivity index (χ0) is 63.6. The molecule has 0 aliphatic carbocycles. The molecule has 9 N–H and O–H groups in total. The van der Waals surface area contributed by atoms with E-state index >= 15 is 0 Å². The first-order valence-corrected chi connectivity index (χ1v) is 33.3. The Morgan fingerprint density at radius 2 is 0.978 bits per heavy atom. The van der Waals surface area contributed by atoms with Gasteiger partial charge in [0.25, 0.3) is 0 Å². The number of unbranched alkanes of at least 4 members (excludes halogenated alkanes) is 1. The highest BCUT2D eigenvalue weighted by atomic mass is 32.1. The molecule has 2 unspecified atom stereocenters. The number of carbonyl (C=O) groups excluding carboxylic acids is 9. The maximum absolute atomic E-state index is 14.7. The first kappa shape index (κ1) is 67.5. The molecule has 0 spiro atoms. The number of benzene rings is 2. The molecule has 482 valence electrons. The minimum Gasteiger partial charge on any atom is -0.343 e. The Labute approximate surface area is 529 Å². The molecule has 0 saturated carbocycles. The summed E-state index contributed by atoms with van der Waals surface area (Å²) in [5.74, 6) is -2.84. The second-order valence-electron chi connectivity index (χ2n) is 23.5. The van der Waals surface area contributed by atoms with Gasteiger partial charge in [0, 0.05) is 56.7 Å². The van der Waals surface area contributed by atoms with Gasteiger partial charge < -0.3 is 67.5 Å². The minimum absolute atomic E-state index is 0.170. The highest BCUT2D eigenvalue weighted by Gasteiger charge is 2.44. The highest BCUT2D eigenvalue weighted by molar-refractivity contribution is 7.20. The third-order valence-electron chi connectivity index (χ3n) is 17.3. The van der Waals surface area contributed by atoms with Crippen molar-refractivity contribution in [1.82, 2.24) is 56.2 Å². The number of hydrogen-bond donors (Lipinski definition) is 9. The molecule has 0 bridgehead atoms. The van der Waals surface area contributed by atoms with E-state index in [9.17, 15) is 43.2 Å². The smallest absolute Gasteiger partial charge is 0.317 e. The van der Waals surface area contributed by atoms with Crippen LogP contribution >= 0.6 is 22.7 Å². The fourth-order valence-electron chi connectivity index (χ4n) is 12.0. The molecule has 89 heavy (non-hydrogen) atoms. The molecule has 4 aromatic rings. The van der Waals surface area contributed by atoms with Gasteiger partial charge in [0.15, 0.2) is 10.3 Å². The number of piperidine rings is 2. The summed E-state index contributed by atoms with van der Waals surface area (Å²) in [5.41, 5.74) is 2.54. The Kier molecular flexibility index (Phi) is 25.0. The normalized spacial score (nSPS) is 18.7. The van der Waals surface area contributed by atoms with Crippen LogP contribution in [0.4, 0.5) is 25.1 Å². The number of anilines is 4. The molecule has 24 nitrogen and oxygen atoms in total.